The summed E-state index contributed by atoms with van der Waals surface area (Å²) < 4.78 is 5.58. The van der Waals surface area contributed by atoms with Gasteiger partial charge in [0.25, 0.3) is 0 Å². The van der Waals surface area contributed by atoms with Crippen molar-refractivity contribution in [2.45, 2.75) is 70.5 Å². The highest BCUT2D eigenvalue weighted by Crippen LogP contribution is 2.36. The van der Waals surface area contributed by atoms with Crippen LogP contribution in [-0.2, 0) is 25.5 Å². The fraction of sp³-hybridized carbons (Fsp3) is 0.621. The van der Waals surface area contributed by atoms with Crippen LogP contribution in [0.5, 0.6) is 0 Å². The van der Waals surface area contributed by atoms with Gasteiger partial charge in [-0.15, -0.1) is 0 Å². The lowest BCUT2D eigenvalue weighted by Crippen LogP contribution is -2.58. The van der Waals surface area contributed by atoms with Crippen LogP contribution in [0.15, 0.2) is 42.5 Å². The number of nitrogens with zero attached hydrogens (tertiary/aromatic N) is 1. The van der Waals surface area contributed by atoms with Crippen molar-refractivity contribution in [3.8, 4) is 0 Å². The number of ether oxygens (including phenoxy) is 1. The van der Waals surface area contributed by atoms with Crippen molar-refractivity contribution in [2.75, 3.05) is 32.8 Å². The molecule has 2 fully saturated rings. The van der Waals surface area contributed by atoms with E-state index >= 15 is 0 Å². The largest absolute Gasteiger partial charge is 0.381 e. The molecule has 0 radical (unpaired) electrons. The number of nitrogens with one attached hydrogen (secondary N) is 3. The molecule has 0 aliphatic carbocycles. The molecule has 37 heavy (non-hydrogen) atoms. The molecule has 2 saturated heterocycles. The number of allylic oxidation sites excluding steroid dienone is 2. The van der Waals surface area contributed by atoms with Gasteiger partial charge < -0.3 is 20.7 Å². The summed E-state index contributed by atoms with van der Waals surface area (Å²) in [4.78, 5) is 41.8. The molecule has 202 valence electrons. The summed E-state index contributed by atoms with van der Waals surface area (Å²) in [5.41, 5.74) is 0.453. The van der Waals surface area contributed by atoms with E-state index in [-0.39, 0.29) is 35.7 Å². The van der Waals surface area contributed by atoms with Gasteiger partial charge in [0.05, 0.1) is 12.0 Å². The average Bonchev–Trinajstić information content (AvgIpc) is 2.87. The maximum atomic E-state index is 13.6. The van der Waals surface area contributed by atoms with E-state index in [4.69, 9.17) is 4.74 Å². The van der Waals surface area contributed by atoms with E-state index < -0.39 is 11.5 Å². The number of benzene rings is 1. The van der Waals surface area contributed by atoms with Crippen LogP contribution < -0.4 is 16.0 Å². The molecule has 0 saturated carbocycles. The van der Waals surface area contributed by atoms with Gasteiger partial charge in [0.2, 0.25) is 17.7 Å². The van der Waals surface area contributed by atoms with Crippen molar-refractivity contribution >= 4 is 17.7 Å². The topological polar surface area (TPSA) is 99.8 Å². The van der Waals surface area contributed by atoms with Gasteiger partial charge in [-0.3, -0.25) is 19.3 Å². The fourth-order valence-electron chi connectivity index (χ4n) is 5.77. The highest BCUT2D eigenvalue weighted by molar-refractivity contribution is 5.90. The lowest BCUT2D eigenvalue weighted by molar-refractivity contribution is -0.140. The van der Waals surface area contributed by atoms with Gasteiger partial charge in [0.15, 0.2) is 0 Å². The smallest absolute Gasteiger partial charge is 0.243 e. The van der Waals surface area contributed by atoms with Crippen LogP contribution >= 0.6 is 0 Å². The maximum absolute atomic E-state index is 13.6. The van der Waals surface area contributed by atoms with Crippen LogP contribution in [0.4, 0.5) is 0 Å². The molecule has 3 aliphatic rings. The first kappa shape index (κ1) is 27.3. The standard InChI is InChI=1S/C29H42N4O4/c1-21(2)30-26(34)20-33-15-11-24-23(19-33)10-6-7-12-29(13-16-37-17-14-29)28(36)32-25(27(35)31-24)18-22-8-4-3-5-9-22/h3-9,21,23-25H,10-20H2,1-2H3,(H,30,34)(H,31,35)(H,32,36)/b7-6+/t23-,24+,25-/m0/s1. The van der Waals surface area contributed by atoms with Crippen LogP contribution in [0.3, 0.4) is 0 Å². The molecule has 0 aromatic heterocycles. The lowest BCUT2D eigenvalue weighted by atomic mass is 9.75. The molecule has 1 spiro atoms. The Balaban J connectivity index is 1.54. The summed E-state index contributed by atoms with van der Waals surface area (Å²) in [6, 6.07) is 9.31. The monoisotopic (exact) mass is 510 g/mol. The Morgan fingerprint density at radius 2 is 1.89 bits per heavy atom. The number of carbonyl (C=O) groups is 3. The molecule has 0 bridgehead atoms. The van der Waals surface area contributed by atoms with Crippen LogP contribution in [0.1, 0.15) is 51.5 Å². The van der Waals surface area contributed by atoms with Crippen molar-refractivity contribution in [2.24, 2.45) is 11.3 Å². The van der Waals surface area contributed by atoms with Gasteiger partial charge in [-0.2, -0.15) is 0 Å². The van der Waals surface area contributed by atoms with Crippen LogP contribution in [0.2, 0.25) is 0 Å². The predicted molar refractivity (Wildman–Crippen MR) is 143 cm³/mol. The molecular weight excluding hydrogens is 468 g/mol. The van der Waals surface area contributed by atoms with E-state index in [1.165, 1.54) is 0 Å². The highest BCUT2D eigenvalue weighted by atomic mass is 16.5. The summed E-state index contributed by atoms with van der Waals surface area (Å²) in [5.74, 6) is 0.0387. The molecule has 3 N–H and O–H groups in total. The van der Waals surface area contributed by atoms with Gasteiger partial charge in [0.1, 0.15) is 6.04 Å². The van der Waals surface area contributed by atoms with E-state index in [9.17, 15) is 14.4 Å². The Labute approximate surface area is 220 Å². The SMILES string of the molecule is CC(C)NC(=O)CN1CC[C@H]2NC(=O)[C@H](Cc3ccccc3)NC(=O)C3(C/C=C/C[C@H]2C1)CCOCC3. The third-order valence-corrected chi connectivity index (χ3v) is 7.91. The Morgan fingerprint density at radius 3 is 2.62 bits per heavy atom. The minimum absolute atomic E-state index is 0.00629. The second kappa shape index (κ2) is 12.7. The first-order valence-electron chi connectivity index (χ1n) is 13.7. The van der Waals surface area contributed by atoms with Crippen molar-refractivity contribution in [3.05, 3.63) is 48.0 Å². The summed E-state index contributed by atoms with van der Waals surface area (Å²) in [6.07, 6.45) is 8.25. The second-order valence-corrected chi connectivity index (χ2v) is 11.1. The zero-order chi connectivity index (χ0) is 26.3. The van der Waals surface area contributed by atoms with Crippen molar-refractivity contribution in [1.29, 1.82) is 0 Å². The zero-order valence-electron chi connectivity index (χ0n) is 22.2. The summed E-state index contributed by atoms with van der Waals surface area (Å²) in [6.45, 7) is 6.89. The molecule has 8 nitrogen and oxygen atoms in total. The molecule has 3 aliphatic heterocycles. The first-order chi connectivity index (χ1) is 17.8. The minimum Gasteiger partial charge on any atom is -0.381 e. The quantitative estimate of drug-likeness (QED) is 0.528. The number of rotatable bonds is 5. The normalized spacial score (nSPS) is 27.8. The van der Waals surface area contributed by atoms with Crippen LogP contribution in [0, 0.1) is 11.3 Å². The third-order valence-electron chi connectivity index (χ3n) is 7.91. The van der Waals surface area contributed by atoms with E-state index in [1.54, 1.807) is 0 Å². The first-order valence-corrected chi connectivity index (χ1v) is 13.7. The van der Waals surface area contributed by atoms with Crippen LogP contribution in [-0.4, -0.2) is 73.6 Å². The molecule has 1 aromatic rings. The number of hydrogen-bond donors (Lipinski definition) is 3. The highest BCUT2D eigenvalue weighted by Gasteiger charge is 2.41. The fourth-order valence-corrected chi connectivity index (χ4v) is 5.77. The molecule has 3 atom stereocenters. The number of carbonyl (C=O) groups excluding carboxylic acids is 3. The molecule has 3 amide bonds. The molecule has 1 aromatic carbocycles. The summed E-state index contributed by atoms with van der Waals surface area (Å²) in [5, 5.41) is 9.40. The number of piperidine rings is 1. The number of amides is 3. The molecular formula is C29H42N4O4. The summed E-state index contributed by atoms with van der Waals surface area (Å²) in [7, 11) is 0. The minimum atomic E-state index is -0.645. The predicted octanol–water partition coefficient (Wildman–Crippen LogP) is 2.19. The van der Waals surface area contributed by atoms with Gasteiger partial charge in [-0.25, -0.2) is 0 Å². The molecule has 3 heterocycles. The number of fused-ring (bicyclic) bond motifs is 1. The average molecular weight is 511 g/mol. The van der Waals surface area contributed by atoms with E-state index in [0.717, 1.165) is 31.5 Å². The zero-order valence-corrected chi connectivity index (χ0v) is 22.2. The Morgan fingerprint density at radius 1 is 1.14 bits per heavy atom. The van der Waals surface area contributed by atoms with Gasteiger partial charge in [-0.1, -0.05) is 42.5 Å². The maximum Gasteiger partial charge on any atom is 0.243 e. The molecule has 0 unspecified atom stereocenters. The van der Waals surface area contributed by atoms with E-state index in [0.29, 0.717) is 45.4 Å². The Kier molecular flexibility index (Phi) is 9.38. The van der Waals surface area contributed by atoms with Crippen molar-refractivity contribution in [1.82, 2.24) is 20.9 Å². The van der Waals surface area contributed by atoms with Gasteiger partial charge >= 0.3 is 0 Å². The van der Waals surface area contributed by atoms with Crippen molar-refractivity contribution < 1.29 is 19.1 Å². The van der Waals surface area contributed by atoms with Crippen LogP contribution in [0.25, 0.3) is 0 Å². The second-order valence-electron chi connectivity index (χ2n) is 11.1. The summed E-state index contributed by atoms with van der Waals surface area (Å²) >= 11 is 0. The van der Waals surface area contributed by atoms with Gasteiger partial charge in [0, 0.05) is 44.8 Å². The molecule has 8 heteroatoms. The lowest BCUT2D eigenvalue weighted by Gasteiger charge is -2.40. The van der Waals surface area contributed by atoms with Crippen molar-refractivity contribution in [3.63, 3.8) is 0 Å². The van der Waals surface area contributed by atoms with E-state index in [1.807, 2.05) is 44.2 Å². The third kappa shape index (κ3) is 7.42. The number of likely N-dealkylation sites (tertiary alicyclic amines) is 1. The Bertz CT molecular complexity index is 958. The molecule has 4 rings (SSSR count). The number of hydrogen-bond acceptors (Lipinski definition) is 5. The Hall–Kier alpha value is -2.71. The van der Waals surface area contributed by atoms with E-state index in [2.05, 4.69) is 33.0 Å². The van der Waals surface area contributed by atoms with Gasteiger partial charge in [-0.05, 0) is 57.4 Å².